The van der Waals surface area contributed by atoms with Gasteiger partial charge in [0.15, 0.2) is 6.29 Å². The monoisotopic (exact) mass is 402 g/mol. The highest BCUT2D eigenvalue weighted by atomic mass is 16.5. The molecule has 3 aromatic rings. The fourth-order valence-corrected chi connectivity index (χ4v) is 3.41. The highest BCUT2D eigenvalue weighted by Crippen LogP contribution is 2.39. The molecule has 3 rings (SSSR count). The first-order valence-corrected chi connectivity index (χ1v) is 10.2. The molecule has 0 spiro atoms. The number of benzene rings is 3. The van der Waals surface area contributed by atoms with Gasteiger partial charge in [-0.3, -0.25) is 4.79 Å². The average Bonchev–Trinajstić information content (AvgIpc) is 2.67. The molecular formula is C27H30O3. The van der Waals surface area contributed by atoms with E-state index in [1.54, 1.807) is 12.1 Å². The van der Waals surface area contributed by atoms with Crippen molar-refractivity contribution >= 4 is 6.29 Å². The Balaban J connectivity index is 2.01. The summed E-state index contributed by atoms with van der Waals surface area (Å²) in [6.07, 6.45) is 0.796. The highest BCUT2D eigenvalue weighted by molar-refractivity contribution is 5.84. The average molecular weight is 403 g/mol. The van der Waals surface area contributed by atoms with Gasteiger partial charge in [0.25, 0.3) is 0 Å². The van der Waals surface area contributed by atoms with Gasteiger partial charge in [-0.05, 0) is 35.1 Å². The fourth-order valence-electron chi connectivity index (χ4n) is 3.41. The topological polar surface area (TPSA) is 35.5 Å². The van der Waals surface area contributed by atoms with Crippen molar-refractivity contribution in [3.63, 3.8) is 0 Å². The summed E-state index contributed by atoms with van der Waals surface area (Å²) >= 11 is 0. The Bertz CT molecular complexity index is 959. The number of hydrogen-bond acceptors (Lipinski definition) is 3. The van der Waals surface area contributed by atoms with Gasteiger partial charge in [-0.1, -0.05) is 84.0 Å². The molecule has 0 aliphatic rings. The third-order valence-electron chi connectivity index (χ3n) is 4.97. The number of ether oxygens (including phenoxy) is 2. The van der Waals surface area contributed by atoms with Crippen molar-refractivity contribution < 1.29 is 14.3 Å². The van der Waals surface area contributed by atoms with E-state index in [0.717, 1.165) is 28.9 Å². The van der Waals surface area contributed by atoms with Crippen LogP contribution < -0.4 is 9.47 Å². The van der Waals surface area contributed by atoms with Crippen LogP contribution in [0.15, 0.2) is 66.7 Å². The van der Waals surface area contributed by atoms with Crippen LogP contribution in [0, 0.1) is 0 Å². The Hall–Kier alpha value is -3.07. The quantitative estimate of drug-likeness (QED) is 0.411. The van der Waals surface area contributed by atoms with Gasteiger partial charge in [0, 0.05) is 11.1 Å². The van der Waals surface area contributed by atoms with Crippen molar-refractivity contribution in [3.8, 4) is 23.0 Å². The molecule has 0 aromatic heterocycles. The van der Waals surface area contributed by atoms with Crippen molar-refractivity contribution in [2.24, 2.45) is 0 Å². The molecule has 0 aliphatic heterocycles. The van der Waals surface area contributed by atoms with Crippen LogP contribution in [0.3, 0.4) is 0 Å². The maximum absolute atomic E-state index is 12.0. The van der Waals surface area contributed by atoms with Gasteiger partial charge in [-0.2, -0.15) is 0 Å². The zero-order valence-electron chi connectivity index (χ0n) is 18.7. The van der Waals surface area contributed by atoms with Gasteiger partial charge in [0.2, 0.25) is 0 Å². The summed E-state index contributed by atoms with van der Waals surface area (Å²) in [5.74, 6) is 2.43. The molecule has 0 N–H and O–H groups in total. The lowest BCUT2D eigenvalue weighted by molar-refractivity contribution is 0.111. The summed E-state index contributed by atoms with van der Waals surface area (Å²) < 4.78 is 12.4. The molecule has 0 heterocycles. The van der Waals surface area contributed by atoms with Gasteiger partial charge in [-0.25, -0.2) is 0 Å². The van der Waals surface area contributed by atoms with Crippen LogP contribution in [0.5, 0.6) is 23.0 Å². The number of para-hydroxylation sites is 2. The van der Waals surface area contributed by atoms with Gasteiger partial charge in [0.1, 0.15) is 23.0 Å². The van der Waals surface area contributed by atoms with E-state index < -0.39 is 0 Å². The van der Waals surface area contributed by atoms with E-state index >= 15 is 0 Å². The summed E-state index contributed by atoms with van der Waals surface area (Å²) in [5, 5.41) is 0. The largest absolute Gasteiger partial charge is 0.456 e. The molecule has 30 heavy (non-hydrogen) atoms. The predicted molar refractivity (Wildman–Crippen MR) is 122 cm³/mol. The molecule has 0 bridgehead atoms. The predicted octanol–water partition coefficient (Wildman–Crippen LogP) is 7.68. The summed E-state index contributed by atoms with van der Waals surface area (Å²) in [7, 11) is 0. The molecule has 156 valence electrons. The number of carbonyl (C=O) groups is 1. The smallest absolute Gasteiger partial charge is 0.157 e. The first-order chi connectivity index (χ1) is 14.1. The van der Waals surface area contributed by atoms with E-state index in [1.165, 1.54) is 0 Å². The zero-order valence-corrected chi connectivity index (χ0v) is 18.7. The van der Waals surface area contributed by atoms with Crippen LogP contribution in [0.1, 0.15) is 63.0 Å². The van der Waals surface area contributed by atoms with Crippen molar-refractivity contribution in [1.82, 2.24) is 0 Å². The molecule has 0 aliphatic carbocycles. The minimum atomic E-state index is -0.0856. The summed E-state index contributed by atoms with van der Waals surface area (Å²) in [6.45, 7) is 12.8. The lowest BCUT2D eigenvalue weighted by atomic mass is 9.86. The molecule has 0 atom stereocenters. The maximum atomic E-state index is 12.0. The van der Waals surface area contributed by atoms with Crippen molar-refractivity contribution in [2.75, 3.05) is 0 Å². The second-order valence-electron chi connectivity index (χ2n) is 9.48. The molecule has 0 saturated heterocycles. The number of aldehydes is 1. The van der Waals surface area contributed by atoms with Crippen LogP contribution in [-0.4, -0.2) is 6.29 Å². The van der Waals surface area contributed by atoms with Gasteiger partial charge in [0.05, 0.1) is 5.56 Å². The van der Waals surface area contributed by atoms with Crippen LogP contribution >= 0.6 is 0 Å². The van der Waals surface area contributed by atoms with E-state index in [0.29, 0.717) is 17.1 Å². The molecule has 3 aromatic carbocycles. The Morgan fingerprint density at radius 1 is 0.567 bits per heavy atom. The van der Waals surface area contributed by atoms with Crippen LogP contribution in [0.4, 0.5) is 0 Å². The summed E-state index contributed by atoms with van der Waals surface area (Å²) in [4.78, 5) is 12.0. The molecule has 0 amide bonds. The lowest BCUT2D eigenvalue weighted by Crippen LogP contribution is -2.13. The third kappa shape index (κ3) is 4.73. The Morgan fingerprint density at radius 3 is 1.30 bits per heavy atom. The van der Waals surface area contributed by atoms with E-state index in [4.69, 9.17) is 9.47 Å². The van der Waals surface area contributed by atoms with E-state index in [-0.39, 0.29) is 10.8 Å². The minimum Gasteiger partial charge on any atom is -0.456 e. The van der Waals surface area contributed by atoms with Gasteiger partial charge >= 0.3 is 0 Å². The fraction of sp³-hybridized carbons (Fsp3) is 0.296. The lowest BCUT2D eigenvalue weighted by Gasteiger charge is -2.24. The van der Waals surface area contributed by atoms with E-state index in [2.05, 4.69) is 53.7 Å². The highest BCUT2D eigenvalue weighted by Gasteiger charge is 2.22. The molecule has 3 nitrogen and oxygen atoms in total. The molecule has 0 saturated carbocycles. The Labute approximate surface area is 179 Å². The number of rotatable bonds is 5. The second-order valence-corrected chi connectivity index (χ2v) is 9.48. The zero-order chi connectivity index (χ0) is 21.9. The molecule has 0 radical (unpaired) electrons. The van der Waals surface area contributed by atoms with Crippen molar-refractivity contribution in [3.05, 3.63) is 83.4 Å². The maximum Gasteiger partial charge on any atom is 0.157 e. The number of hydrogen-bond donors (Lipinski definition) is 0. The van der Waals surface area contributed by atoms with Crippen molar-refractivity contribution in [2.45, 2.75) is 52.4 Å². The second kappa shape index (κ2) is 8.35. The molecule has 0 unspecified atom stereocenters. The van der Waals surface area contributed by atoms with Gasteiger partial charge in [-0.15, -0.1) is 0 Å². The Kier molecular flexibility index (Phi) is 6.02. The van der Waals surface area contributed by atoms with Crippen molar-refractivity contribution in [1.29, 1.82) is 0 Å². The third-order valence-corrected chi connectivity index (χ3v) is 4.97. The first-order valence-electron chi connectivity index (χ1n) is 10.2. The Morgan fingerprint density at radius 2 is 0.933 bits per heavy atom. The first kappa shape index (κ1) is 21.6. The summed E-state index contributed by atoms with van der Waals surface area (Å²) in [5.41, 5.74) is 2.37. The standard InChI is InChI=1S/C27H30O3/c1-26(2,3)20-12-7-9-14-24(20)29-22-16-11-17-23(19(22)18-28)30-25-15-10-8-13-21(25)27(4,5)6/h7-18H,1-6H3. The molecule has 3 heteroatoms. The minimum absolute atomic E-state index is 0.0856. The van der Waals surface area contributed by atoms with Crippen LogP contribution in [0.25, 0.3) is 0 Å². The van der Waals surface area contributed by atoms with E-state index in [1.807, 2.05) is 42.5 Å². The van der Waals surface area contributed by atoms with Crippen LogP contribution in [-0.2, 0) is 10.8 Å². The summed E-state index contributed by atoms with van der Waals surface area (Å²) in [6, 6.07) is 21.3. The van der Waals surface area contributed by atoms with E-state index in [9.17, 15) is 4.79 Å². The molecular weight excluding hydrogens is 372 g/mol. The van der Waals surface area contributed by atoms with Gasteiger partial charge < -0.3 is 9.47 Å². The normalized spacial score (nSPS) is 11.8. The number of carbonyl (C=O) groups excluding carboxylic acids is 1. The molecule has 0 fully saturated rings. The van der Waals surface area contributed by atoms with Crippen LogP contribution in [0.2, 0.25) is 0 Å². The SMILES string of the molecule is CC(C)(C)c1ccccc1Oc1cccc(Oc2ccccc2C(C)(C)C)c1C=O.